The Morgan fingerprint density at radius 2 is 2.20 bits per heavy atom. The van der Waals surface area contributed by atoms with E-state index in [-0.39, 0.29) is 34.8 Å². The summed E-state index contributed by atoms with van der Waals surface area (Å²) in [6.45, 7) is 7.30. The summed E-state index contributed by atoms with van der Waals surface area (Å²) in [4.78, 5) is 24.0. The van der Waals surface area contributed by atoms with E-state index in [1.165, 1.54) is 12.1 Å². The zero-order chi connectivity index (χ0) is 18.4. The van der Waals surface area contributed by atoms with Gasteiger partial charge in [0.15, 0.2) is 6.61 Å². The highest BCUT2D eigenvalue weighted by Gasteiger charge is 2.60. The highest BCUT2D eigenvalue weighted by atomic mass is 32.2. The number of allylic oxidation sites excluding steroid dienone is 1. The molecule has 2 aliphatic rings. The molecule has 8 heteroatoms. The number of rotatable bonds is 5. The Kier molecular flexibility index (Phi) is 4.10. The van der Waals surface area contributed by atoms with Crippen molar-refractivity contribution in [3.63, 3.8) is 0 Å². The van der Waals surface area contributed by atoms with Crippen molar-refractivity contribution >= 4 is 27.5 Å². The lowest BCUT2D eigenvalue weighted by molar-refractivity contribution is -0.126. The van der Waals surface area contributed by atoms with Crippen molar-refractivity contribution in [2.45, 2.75) is 25.2 Å². The Morgan fingerprint density at radius 1 is 1.48 bits per heavy atom. The molecule has 2 N–H and O–H groups in total. The maximum atomic E-state index is 12.7. The predicted octanol–water partition coefficient (Wildman–Crippen LogP) is 1.67. The molecule has 1 heterocycles. The zero-order valence-electron chi connectivity index (χ0n) is 14.0. The molecular weight excluding hydrogens is 344 g/mol. The molecule has 0 spiro atoms. The van der Waals surface area contributed by atoms with Gasteiger partial charge in [0.05, 0.1) is 5.41 Å². The lowest BCUT2D eigenvalue weighted by atomic mass is 9.89. The molecule has 2 amide bonds. The third-order valence-corrected chi connectivity index (χ3v) is 6.30. The van der Waals surface area contributed by atoms with Gasteiger partial charge in [-0.2, -0.15) is 0 Å². The van der Waals surface area contributed by atoms with Gasteiger partial charge in [-0.3, -0.25) is 9.59 Å². The number of benzene rings is 1. The van der Waals surface area contributed by atoms with Gasteiger partial charge in [0.2, 0.25) is 5.91 Å². The normalized spacial score (nSPS) is 24.8. The largest absolute Gasteiger partial charge is 0.482 e. The predicted molar refractivity (Wildman–Crippen MR) is 91.5 cm³/mol. The first-order chi connectivity index (χ1) is 11.7. The van der Waals surface area contributed by atoms with Gasteiger partial charge in [-0.1, -0.05) is 26.0 Å². The molecule has 0 bridgehead atoms. The molecule has 7 nitrogen and oxygen atoms in total. The fourth-order valence-corrected chi connectivity index (χ4v) is 4.58. The highest BCUT2D eigenvalue weighted by molar-refractivity contribution is 7.90. The zero-order valence-corrected chi connectivity index (χ0v) is 14.9. The second kappa shape index (κ2) is 5.87. The topological polar surface area (TPSA) is 102 Å². The van der Waals surface area contributed by atoms with E-state index < -0.39 is 27.3 Å². The molecule has 1 aromatic rings. The van der Waals surface area contributed by atoms with E-state index >= 15 is 0 Å². The van der Waals surface area contributed by atoms with Crippen LogP contribution in [0.1, 0.15) is 20.3 Å². The molecule has 0 aromatic heterocycles. The van der Waals surface area contributed by atoms with Crippen LogP contribution in [0.25, 0.3) is 0 Å². The number of ether oxygens (including phenoxy) is 1. The minimum absolute atomic E-state index is 0.0292. The van der Waals surface area contributed by atoms with Crippen molar-refractivity contribution in [1.29, 1.82) is 0 Å². The minimum Gasteiger partial charge on any atom is -0.482 e. The van der Waals surface area contributed by atoms with Crippen LogP contribution in [0.4, 0.5) is 5.69 Å². The molecule has 1 aliphatic heterocycles. The van der Waals surface area contributed by atoms with Gasteiger partial charge in [-0.15, -0.1) is 6.58 Å². The maximum Gasteiger partial charge on any atom is 0.266 e. The number of amides is 2. The van der Waals surface area contributed by atoms with Gasteiger partial charge in [0.25, 0.3) is 15.9 Å². The monoisotopic (exact) mass is 364 g/mol. The lowest BCUT2D eigenvalue weighted by Gasteiger charge is -2.23. The number of fused-ring (bicyclic) bond motifs is 1. The lowest BCUT2D eigenvalue weighted by Crippen LogP contribution is -2.40. The van der Waals surface area contributed by atoms with Crippen LogP contribution >= 0.6 is 0 Å². The van der Waals surface area contributed by atoms with Crippen molar-refractivity contribution in [3.8, 4) is 5.75 Å². The number of para-hydroxylation sites is 1. The van der Waals surface area contributed by atoms with E-state index in [1.807, 2.05) is 13.8 Å². The number of hydrogen-bond donors (Lipinski definition) is 2. The first-order valence-electron chi connectivity index (χ1n) is 7.98. The third kappa shape index (κ3) is 2.80. The number of hydrogen-bond acceptors (Lipinski definition) is 5. The molecule has 0 saturated heterocycles. The third-order valence-electron chi connectivity index (χ3n) is 4.92. The minimum atomic E-state index is -4.16. The van der Waals surface area contributed by atoms with Gasteiger partial charge in [0, 0.05) is 0 Å². The number of carbonyl (C=O) groups excluding carboxylic acids is 2. The summed E-state index contributed by atoms with van der Waals surface area (Å²) in [5, 5.41) is 2.49. The SMILES string of the molecule is C=C[C@@H]1C[C@@]1(C(=O)NS(=O)(=O)c1cccc2c1NC(=O)CO2)C(C)C. The Balaban J connectivity index is 1.93. The number of anilines is 1. The highest BCUT2D eigenvalue weighted by Crippen LogP contribution is 2.58. The first kappa shape index (κ1) is 17.5. The van der Waals surface area contributed by atoms with E-state index in [1.54, 1.807) is 12.1 Å². The second-order valence-electron chi connectivity index (χ2n) is 6.64. The Labute approximate surface area is 146 Å². The fourth-order valence-electron chi connectivity index (χ4n) is 3.35. The van der Waals surface area contributed by atoms with Crippen LogP contribution in [-0.2, 0) is 19.6 Å². The molecule has 25 heavy (non-hydrogen) atoms. The average Bonchev–Trinajstić information content (AvgIpc) is 3.30. The summed E-state index contributed by atoms with van der Waals surface area (Å²) in [6, 6.07) is 4.38. The van der Waals surface area contributed by atoms with Gasteiger partial charge in [-0.05, 0) is 30.4 Å². The quantitative estimate of drug-likeness (QED) is 0.774. The maximum absolute atomic E-state index is 12.7. The summed E-state index contributed by atoms with van der Waals surface area (Å²) >= 11 is 0. The molecule has 2 atom stereocenters. The van der Waals surface area contributed by atoms with Crippen LogP contribution < -0.4 is 14.8 Å². The summed E-state index contributed by atoms with van der Waals surface area (Å²) in [7, 11) is -4.16. The Hall–Kier alpha value is -2.35. The van der Waals surface area contributed by atoms with Crippen molar-refractivity contribution in [2.75, 3.05) is 11.9 Å². The average molecular weight is 364 g/mol. The summed E-state index contributed by atoms with van der Waals surface area (Å²) in [5.41, 5.74) is -0.711. The van der Waals surface area contributed by atoms with E-state index in [4.69, 9.17) is 4.74 Å². The van der Waals surface area contributed by atoms with E-state index in [0.29, 0.717) is 6.42 Å². The second-order valence-corrected chi connectivity index (χ2v) is 8.29. The molecule has 1 aromatic carbocycles. The van der Waals surface area contributed by atoms with Gasteiger partial charge in [0.1, 0.15) is 16.3 Å². The fraction of sp³-hybridized carbons (Fsp3) is 0.412. The molecule has 0 unspecified atom stereocenters. The summed E-state index contributed by atoms with van der Waals surface area (Å²) in [5.74, 6) is -0.820. The van der Waals surface area contributed by atoms with Crippen LogP contribution in [0, 0.1) is 17.3 Å². The molecule has 1 fully saturated rings. The van der Waals surface area contributed by atoms with Crippen LogP contribution in [-0.4, -0.2) is 26.8 Å². The number of sulfonamides is 1. The van der Waals surface area contributed by atoms with Crippen molar-refractivity contribution in [1.82, 2.24) is 4.72 Å². The molecular formula is C17H20N2O5S. The van der Waals surface area contributed by atoms with E-state index in [2.05, 4.69) is 16.6 Å². The van der Waals surface area contributed by atoms with E-state index in [9.17, 15) is 18.0 Å². The van der Waals surface area contributed by atoms with Crippen LogP contribution in [0.2, 0.25) is 0 Å². The van der Waals surface area contributed by atoms with E-state index in [0.717, 1.165) is 0 Å². The smallest absolute Gasteiger partial charge is 0.266 e. The Morgan fingerprint density at radius 3 is 2.80 bits per heavy atom. The van der Waals surface area contributed by atoms with Gasteiger partial charge >= 0.3 is 0 Å². The van der Waals surface area contributed by atoms with Crippen molar-refractivity contribution in [2.24, 2.45) is 17.3 Å². The molecule has 1 saturated carbocycles. The molecule has 1 aliphatic carbocycles. The first-order valence-corrected chi connectivity index (χ1v) is 9.46. The Bertz CT molecular complexity index is 862. The molecule has 134 valence electrons. The van der Waals surface area contributed by atoms with Crippen molar-refractivity contribution in [3.05, 3.63) is 30.9 Å². The standard InChI is InChI=1S/C17H20N2O5S/c1-4-11-8-17(11,10(2)3)16(21)19-25(22,23)13-7-5-6-12-15(13)18-14(20)9-24-12/h4-7,10-11H,1,8-9H2,2-3H3,(H,18,20)(H,19,21)/t11-,17-/m1/s1. The van der Waals surface area contributed by atoms with Gasteiger partial charge < -0.3 is 10.1 Å². The molecule has 3 rings (SSSR count). The number of nitrogens with one attached hydrogen (secondary N) is 2. The molecule has 0 radical (unpaired) electrons. The van der Waals surface area contributed by atoms with Crippen molar-refractivity contribution < 1.29 is 22.7 Å². The summed E-state index contributed by atoms with van der Waals surface area (Å²) in [6.07, 6.45) is 2.26. The van der Waals surface area contributed by atoms with Crippen LogP contribution in [0.5, 0.6) is 5.75 Å². The number of carbonyl (C=O) groups is 2. The van der Waals surface area contributed by atoms with Gasteiger partial charge in [-0.25, -0.2) is 13.1 Å². The van der Waals surface area contributed by atoms with Crippen LogP contribution in [0.15, 0.2) is 35.7 Å². The summed E-state index contributed by atoms with van der Waals surface area (Å²) < 4.78 is 32.9. The van der Waals surface area contributed by atoms with Crippen LogP contribution in [0.3, 0.4) is 0 Å².